The van der Waals surface area contributed by atoms with Gasteiger partial charge in [0.05, 0.1) is 6.61 Å². The highest BCUT2D eigenvalue weighted by Gasteiger charge is 2.04. The van der Waals surface area contributed by atoms with Crippen molar-refractivity contribution in [1.29, 1.82) is 0 Å². The summed E-state index contributed by atoms with van der Waals surface area (Å²) in [5, 5.41) is 3.53. The van der Waals surface area contributed by atoms with Crippen LogP contribution in [0.2, 0.25) is 0 Å². The zero-order valence-corrected chi connectivity index (χ0v) is 12.6. The van der Waals surface area contributed by atoms with Crippen molar-refractivity contribution >= 4 is 5.69 Å². The molecule has 20 heavy (non-hydrogen) atoms. The Hall–Kier alpha value is -1.80. The second-order valence-corrected chi connectivity index (χ2v) is 5.01. The Labute approximate surface area is 121 Å². The minimum absolute atomic E-state index is 0.659. The second kappa shape index (κ2) is 7.11. The lowest BCUT2D eigenvalue weighted by molar-refractivity contribution is 0.134. The fraction of sp³-hybridized carbons (Fsp3) is 0.333. The monoisotopic (exact) mass is 269 g/mol. The van der Waals surface area contributed by atoms with E-state index in [0.717, 1.165) is 18.8 Å². The van der Waals surface area contributed by atoms with Crippen LogP contribution in [0.3, 0.4) is 0 Å². The van der Waals surface area contributed by atoms with Crippen molar-refractivity contribution in [3.05, 3.63) is 64.7 Å². The van der Waals surface area contributed by atoms with Crippen LogP contribution in [0.25, 0.3) is 0 Å². The molecule has 0 amide bonds. The maximum atomic E-state index is 5.52. The molecular formula is C18H23NO. The topological polar surface area (TPSA) is 21.3 Å². The molecule has 0 unspecified atom stereocenters. The van der Waals surface area contributed by atoms with E-state index in [-0.39, 0.29) is 0 Å². The van der Waals surface area contributed by atoms with E-state index in [4.69, 9.17) is 4.74 Å². The van der Waals surface area contributed by atoms with Crippen molar-refractivity contribution in [2.45, 2.75) is 33.9 Å². The lowest BCUT2D eigenvalue weighted by Gasteiger charge is -2.14. The summed E-state index contributed by atoms with van der Waals surface area (Å²) < 4.78 is 5.52. The number of anilines is 1. The van der Waals surface area contributed by atoms with E-state index in [1.165, 1.54) is 22.3 Å². The summed E-state index contributed by atoms with van der Waals surface area (Å²) in [4.78, 5) is 0. The lowest BCUT2D eigenvalue weighted by Crippen LogP contribution is -2.05. The first-order valence-corrected chi connectivity index (χ1v) is 7.17. The molecule has 0 fully saturated rings. The van der Waals surface area contributed by atoms with Crippen LogP contribution in [-0.4, -0.2) is 6.61 Å². The molecule has 0 aliphatic rings. The molecular weight excluding hydrogens is 246 g/mol. The average molecular weight is 269 g/mol. The van der Waals surface area contributed by atoms with Gasteiger partial charge in [0.1, 0.15) is 0 Å². The van der Waals surface area contributed by atoms with Crippen LogP contribution in [0, 0.1) is 13.8 Å². The molecule has 0 saturated carbocycles. The van der Waals surface area contributed by atoms with Crippen molar-refractivity contribution in [2.24, 2.45) is 0 Å². The zero-order valence-electron chi connectivity index (χ0n) is 12.6. The van der Waals surface area contributed by atoms with E-state index in [1.54, 1.807) is 0 Å². The van der Waals surface area contributed by atoms with E-state index < -0.39 is 0 Å². The number of ether oxygens (including phenoxy) is 1. The Morgan fingerprint density at radius 2 is 1.70 bits per heavy atom. The summed E-state index contributed by atoms with van der Waals surface area (Å²) in [5.41, 5.74) is 6.41. The van der Waals surface area contributed by atoms with Gasteiger partial charge in [0.25, 0.3) is 0 Å². The minimum atomic E-state index is 0.659. The first-order chi connectivity index (χ1) is 9.72. The number of hydrogen-bond donors (Lipinski definition) is 1. The molecule has 2 rings (SSSR count). The van der Waals surface area contributed by atoms with Crippen molar-refractivity contribution in [3.8, 4) is 0 Å². The molecule has 106 valence electrons. The summed E-state index contributed by atoms with van der Waals surface area (Å²) in [7, 11) is 0. The second-order valence-electron chi connectivity index (χ2n) is 5.01. The van der Waals surface area contributed by atoms with Gasteiger partial charge in [-0.05, 0) is 43.5 Å². The maximum absolute atomic E-state index is 5.52. The molecule has 0 bridgehead atoms. The molecule has 1 N–H and O–H groups in total. The number of para-hydroxylation sites is 1. The van der Waals surface area contributed by atoms with Crippen LogP contribution < -0.4 is 5.32 Å². The van der Waals surface area contributed by atoms with Crippen LogP contribution in [0.15, 0.2) is 42.5 Å². The van der Waals surface area contributed by atoms with Crippen LogP contribution >= 0.6 is 0 Å². The molecule has 2 aromatic rings. The third kappa shape index (κ3) is 3.61. The maximum Gasteiger partial charge on any atom is 0.0736 e. The molecule has 0 aliphatic carbocycles. The highest BCUT2D eigenvalue weighted by atomic mass is 16.5. The van der Waals surface area contributed by atoms with Crippen LogP contribution in [0.1, 0.15) is 29.2 Å². The molecule has 2 aromatic carbocycles. The predicted molar refractivity (Wildman–Crippen MR) is 85.0 cm³/mol. The van der Waals surface area contributed by atoms with Gasteiger partial charge < -0.3 is 10.1 Å². The molecule has 0 aromatic heterocycles. The minimum Gasteiger partial charge on any atom is -0.381 e. The van der Waals surface area contributed by atoms with Crippen LogP contribution in [0.4, 0.5) is 5.69 Å². The predicted octanol–water partition coefficient (Wildman–Crippen LogP) is 4.45. The van der Waals surface area contributed by atoms with E-state index in [1.807, 2.05) is 6.92 Å². The number of rotatable bonds is 6. The Bertz CT molecular complexity index is 563. The summed E-state index contributed by atoms with van der Waals surface area (Å²) >= 11 is 0. The van der Waals surface area contributed by atoms with Gasteiger partial charge in [-0.25, -0.2) is 0 Å². The van der Waals surface area contributed by atoms with Crippen LogP contribution in [-0.2, 0) is 17.9 Å². The first kappa shape index (κ1) is 14.6. The molecule has 0 radical (unpaired) electrons. The Morgan fingerprint density at radius 1 is 0.950 bits per heavy atom. The Kier molecular flexibility index (Phi) is 5.19. The van der Waals surface area contributed by atoms with Gasteiger partial charge in [0.2, 0.25) is 0 Å². The zero-order chi connectivity index (χ0) is 14.4. The number of benzene rings is 2. The lowest BCUT2D eigenvalue weighted by atomic mass is 10.0. The Morgan fingerprint density at radius 3 is 2.50 bits per heavy atom. The van der Waals surface area contributed by atoms with E-state index in [2.05, 4.69) is 61.6 Å². The number of nitrogens with one attached hydrogen (secondary N) is 1. The van der Waals surface area contributed by atoms with Gasteiger partial charge in [0.15, 0.2) is 0 Å². The molecule has 2 heteroatoms. The van der Waals surface area contributed by atoms with Crippen molar-refractivity contribution in [1.82, 2.24) is 0 Å². The van der Waals surface area contributed by atoms with E-state index in [0.29, 0.717) is 6.61 Å². The van der Waals surface area contributed by atoms with Crippen LogP contribution in [0.5, 0.6) is 0 Å². The SMILES string of the molecule is CCOCc1ccccc1NCc1cccc(C)c1C. The molecule has 0 aliphatic heterocycles. The van der Waals surface area contributed by atoms with Gasteiger partial charge in [-0.1, -0.05) is 36.4 Å². The first-order valence-electron chi connectivity index (χ1n) is 7.17. The number of aryl methyl sites for hydroxylation is 1. The standard InChI is InChI=1S/C18H23NO/c1-4-20-13-17-9-5-6-11-18(17)19-12-16-10-7-8-14(2)15(16)3/h5-11,19H,4,12-13H2,1-3H3. The van der Waals surface area contributed by atoms with Crippen molar-refractivity contribution in [2.75, 3.05) is 11.9 Å². The summed E-state index contributed by atoms with van der Waals surface area (Å²) in [6, 6.07) is 14.8. The summed E-state index contributed by atoms with van der Waals surface area (Å²) in [6.07, 6.45) is 0. The van der Waals surface area contributed by atoms with Gasteiger partial charge >= 0.3 is 0 Å². The number of hydrogen-bond acceptors (Lipinski definition) is 2. The highest BCUT2D eigenvalue weighted by molar-refractivity contribution is 5.51. The third-order valence-electron chi connectivity index (χ3n) is 3.67. The largest absolute Gasteiger partial charge is 0.381 e. The Balaban J connectivity index is 2.09. The van der Waals surface area contributed by atoms with Crippen molar-refractivity contribution < 1.29 is 4.74 Å². The van der Waals surface area contributed by atoms with Gasteiger partial charge in [-0.3, -0.25) is 0 Å². The smallest absolute Gasteiger partial charge is 0.0736 e. The normalized spacial score (nSPS) is 10.6. The summed E-state index contributed by atoms with van der Waals surface area (Å²) in [6.45, 7) is 8.60. The van der Waals surface area contributed by atoms with E-state index >= 15 is 0 Å². The molecule has 0 atom stereocenters. The molecule has 0 spiro atoms. The fourth-order valence-corrected chi connectivity index (χ4v) is 2.22. The van der Waals surface area contributed by atoms with Gasteiger partial charge in [-0.15, -0.1) is 0 Å². The van der Waals surface area contributed by atoms with Gasteiger partial charge in [-0.2, -0.15) is 0 Å². The van der Waals surface area contributed by atoms with Crippen molar-refractivity contribution in [3.63, 3.8) is 0 Å². The highest BCUT2D eigenvalue weighted by Crippen LogP contribution is 2.19. The molecule has 2 nitrogen and oxygen atoms in total. The summed E-state index contributed by atoms with van der Waals surface area (Å²) in [5.74, 6) is 0. The fourth-order valence-electron chi connectivity index (χ4n) is 2.22. The third-order valence-corrected chi connectivity index (χ3v) is 3.67. The van der Waals surface area contributed by atoms with E-state index in [9.17, 15) is 0 Å². The average Bonchev–Trinajstić information content (AvgIpc) is 2.47. The van der Waals surface area contributed by atoms with Gasteiger partial charge in [0, 0.05) is 24.4 Å². The molecule has 0 heterocycles. The molecule has 0 saturated heterocycles. The quantitative estimate of drug-likeness (QED) is 0.836.